The highest BCUT2D eigenvalue weighted by molar-refractivity contribution is 6.31. The highest BCUT2D eigenvalue weighted by atomic mass is 35.5. The quantitative estimate of drug-likeness (QED) is 0.754. The number of methoxy groups -OCH3 is 2. The highest BCUT2D eigenvalue weighted by Gasteiger charge is 2.55. The first-order chi connectivity index (χ1) is 13.0. The maximum absolute atomic E-state index is 13.1. The Morgan fingerprint density at radius 1 is 0.963 bits per heavy atom. The molecule has 1 saturated heterocycles. The summed E-state index contributed by atoms with van der Waals surface area (Å²) in [4.78, 5) is 27.0. The molecular formula is C18H15ClN4O4. The Labute approximate surface area is 159 Å². The summed E-state index contributed by atoms with van der Waals surface area (Å²) in [5.74, 6) is 0.0598. The summed E-state index contributed by atoms with van der Waals surface area (Å²) in [6, 6.07) is 9.97. The number of carbonyl (C=O) groups is 2. The van der Waals surface area contributed by atoms with Crippen LogP contribution in [0.25, 0.3) is 0 Å². The molecule has 0 N–H and O–H groups in total. The van der Waals surface area contributed by atoms with Gasteiger partial charge in [0.25, 0.3) is 11.8 Å². The fraction of sp³-hybridized carbons (Fsp3) is 0.222. The van der Waals surface area contributed by atoms with Crippen LogP contribution in [0, 0.1) is 0 Å². The van der Waals surface area contributed by atoms with Crippen molar-refractivity contribution in [2.24, 2.45) is 10.3 Å². The van der Waals surface area contributed by atoms with Gasteiger partial charge in [-0.05, 0) is 18.2 Å². The van der Waals surface area contributed by atoms with Crippen molar-refractivity contribution in [2.45, 2.75) is 12.1 Å². The molecule has 2 heterocycles. The van der Waals surface area contributed by atoms with Crippen molar-refractivity contribution in [3.8, 4) is 11.5 Å². The molecule has 0 aliphatic carbocycles. The number of carbonyl (C=O) groups excluding carboxylic acids is 2. The summed E-state index contributed by atoms with van der Waals surface area (Å²) < 4.78 is 10.5. The summed E-state index contributed by atoms with van der Waals surface area (Å²) >= 11 is 6.03. The molecule has 2 aliphatic rings. The Balaban J connectivity index is 1.72. The van der Waals surface area contributed by atoms with Crippen LogP contribution in [0.15, 0.2) is 52.8 Å². The fourth-order valence-corrected chi connectivity index (χ4v) is 3.35. The standard InChI is InChI=1S/C18H15ClN4O4/c1-26-13-7-12(8-14(9-13)27-2)22-17(24)15-16(18(22)25)23(21-20-15)11-5-3-4-10(19)6-11/h3-9,15-16H,1-2H3/t15-,16+/m0/s1. The van der Waals surface area contributed by atoms with Gasteiger partial charge >= 0.3 is 0 Å². The van der Waals surface area contributed by atoms with E-state index in [1.54, 1.807) is 42.5 Å². The van der Waals surface area contributed by atoms with Crippen LogP contribution in [0.2, 0.25) is 5.02 Å². The van der Waals surface area contributed by atoms with Crippen molar-refractivity contribution in [1.82, 2.24) is 0 Å². The first-order valence-corrected chi connectivity index (χ1v) is 8.47. The number of imide groups is 1. The Kier molecular flexibility index (Phi) is 4.19. The molecule has 2 aliphatic heterocycles. The van der Waals surface area contributed by atoms with E-state index in [1.807, 2.05) is 0 Å². The van der Waals surface area contributed by atoms with E-state index in [4.69, 9.17) is 21.1 Å². The molecule has 0 unspecified atom stereocenters. The van der Waals surface area contributed by atoms with Crippen LogP contribution in [0.3, 0.4) is 0 Å². The molecule has 2 aromatic rings. The monoisotopic (exact) mass is 386 g/mol. The average molecular weight is 387 g/mol. The molecule has 2 aromatic carbocycles. The molecule has 0 aromatic heterocycles. The molecule has 27 heavy (non-hydrogen) atoms. The van der Waals surface area contributed by atoms with Crippen LogP contribution in [-0.2, 0) is 9.59 Å². The van der Waals surface area contributed by atoms with Gasteiger partial charge in [0, 0.05) is 23.2 Å². The van der Waals surface area contributed by atoms with Crippen LogP contribution in [0.4, 0.5) is 11.4 Å². The smallest absolute Gasteiger partial charge is 0.263 e. The number of fused-ring (bicyclic) bond motifs is 1. The first-order valence-electron chi connectivity index (χ1n) is 8.10. The largest absolute Gasteiger partial charge is 0.497 e. The van der Waals surface area contributed by atoms with Gasteiger partial charge in [0.2, 0.25) is 0 Å². The Bertz CT molecular complexity index is 942. The van der Waals surface area contributed by atoms with Crippen molar-refractivity contribution in [2.75, 3.05) is 24.1 Å². The molecule has 138 valence electrons. The third-order valence-corrected chi connectivity index (χ3v) is 4.68. The molecule has 0 spiro atoms. The lowest BCUT2D eigenvalue weighted by Gasteiger charge is -2.21. The van der Waals surface area contributed by atoms with E-state index in [0.717, 1.165) is 4.90 Å². The second-order valence-corrected chi connectivity index (χ2v) is 6.44. The predicted molar refractivity (Wildman–Crippen MR) is 98.4 cm³/mol. The zero-order chi connectivity index (χ0) is 19.1. The maximum atomic E-state index is 13.1. The van der Waals surface area contributed by atoms with E-state index in [2.05, 4.69) is 10.3 Å². The highest BCUT2D eigenvalue weighted by Crippen LogP contribution is 2.37. The van der Waals surface area contributed by atoms with Gasteiger partial charge in [0.15, 0.2) is 12.1 Å². The molecular weight excluding hydrogens is 372 g/mol. The van der Waals surface area contributed by atoms with Gasteiger partial charge in [-0.25, -0.2) is 9.91 Å². The molecule has 2 amide bonds. The summed E-state index contributed by atoms with van der Waals surface area (Å²) in [5.41, 5.74) is 0.946. The minimum absolute atomic E-state index is 0.358. The fourth-order valence-electron chi connectivity index (χ4n) is 3.17. The minimum atomic E-state index is -0.909. The maximum Gasteiger partial charge on any atom is 0.263 e. The zero-order valence-electron chi connectivity index (χ0n) is 14.5. The molecule has 1 fully saturated rings. The average Bonchev–Trinajstić information content (AvgIpc) is 3.21. The van der Waals surface area contributed by atoms with E-state index >= 15 is 0 Å². The number of nitrogens with zero attached hydrogens (tertiary/aromatic N) is 4. The summed E-state index contributed by atoms with van der Waals surface area (Å²) in [6.07, 6.45) is 0. The van der Waals surface area contributed by atoms with E-state index in [0.29, 0.717) is 27.9 Å². The molecule has 0 saturated carbocycles. The molecule has 0 bridgehead atoms. The third kappa shape index (κ3) is 2.78. The van der Waals surface area contributed by atoms with Gasteiger partial charge in [-0.2, -0.15) is 5.11 Å². The Morgan fingerprint density at radius 3 is 2.30 bits per heavy atom. The van der Waals surface area contributed by atoms with Crippen molar-refractivity contribution >= 4 is 34.8 Å². The van der Waals surface area contributed by atoms with E-state index in [9.17, 15) is 9.59 Å². The van der Waals surface area contributed by atoms with Gasteiger partial charge in [0.05, 0.1) is 25.6 Å². The van der Waals surface area contributed by atoms with E-state index in [1.165, 1.54) is 19.2 Å². The number of anilines is 2. The lowest BCUT2D eigenvalue weighted by Crippen LogP contribution is -2.39. The van der Waals surface area contributed by atoms with Crippen molar-refractivity contribution in [3.05, 3.63) is 47.5 Å². The number of hydrogen-bond donors (Lipinski definition) is 0. The third-order valence-electron chi connectivity index (χ3n) is 4.45. The van der Waals surface area contributed by atoms with Crippen LogP contribution >= 0.6 is 11.6 Å². The number of halogens is 1. The number of benzene rings is 2. The first kappa shape index (κ1) is 17.3. The number of rotatable bonds is 4. The van der Waals surface area contributed by atoms with E-state index < -0.39 is 23.9 Å². The van der Waals surface area contributed by atoms with E-state index in [-0.39, 0.29) is 0 Å². The van der Waals surface area contributed by atoms with Gasteiger partial charge in [-0.3, -0.25) is 9.59 Å². The van der Waals surface area contributed by atoms with Gasteiger partial charge in [0.1, 0.15) is 11.5 Å². The minimum Gasteiger partial charge on any atom is -0.497 e. The second kappa shape index (κ2) is 6.55. The van der Waals surface area contributed by atoms with Gasteiger partial charge in [-0.15, -0.1) is 0 Å². The second-order valence-electron chi connectivity index (χ2n) is 6.00. The van der Waals surface area contributed by atoms with Gasteiger partial charge in [-0.1, -0.05) is 22.9 Å². The summed E-state index contributed by atoms with van der Waals surface area (Å²) in [6.45, 7) is 0. The van der Waals surface area contributed by atoms with Crippen LogP contribution in [-0.4, -0.2) is 38.1 Å². The number of hydrogen-bond acceptors (Lipinski definition) is 7. The molecule has 0 radical (unpaired) electrons. The zero-order valence-corrected chi connectivity index (χ0v) is 15.3. The lowest BCUT2D eigenvalue weighted by atomic mass is 10.1. The van der Waals surface area contributed by atoms with Crippen molar-refractivity contribution in [3.63, 3.8) is 0 Å². The Morgan fingerprint density at radius 2 is 1.67 bits per heavy atom. The number of ether oxygens (including phenoxy) is 2. The van der Waals surface area contributed by atoms with Crippen LogP contribution in [0.1, 0.15) is 0 Å². The summed E-state index contributed by atoms with van der Waals surface area (Å²) in [7, 11) is 2.99. The predicted octanol–water partition coefficient (Wildman–Crippen LogP) is 2.86. The molecule has 8 nitrogen and oxygen atoms in total. The van der Waals surface area contributed by atoms with Gasteiger partial charge < -0.3 is 9.47 Å². The normalized spacial score (nSPS) is 21.0. The molecule has 9 heteroatoms. The SMILES string of the molecule is COc1cc(OC)cc(N2C(=O)[C@H]3N=NN(c4cccc(Cl)c4)[C@H]3C2=O)c1. The van der Waals surface area contributed by atoms with Crippen LogP contribution < -0.4 is 19.4 Å². The molecule has 4 rings (SSSR count). The lowest BCUT2D eigenvalue weighted by molar-refractivity contribution is -0.121. The summed E-state index contributed by atoms with van der Waals surface area (Å²) in [5, 5.41) is 9.94. The van der Waals surface area contributed by atoms with Crippen LogP contribution in [0.5, 0.6) is 11.5 Å². The van der Waals surface area contributed by atoms with Crippen molar-refractivity contribution < 1.29 is 19.1 Å². The Hall–Kier alpha value is -3.13. The topological polar surface area (TPSA) is 83.8 Å². The molecule has 2 atom stereocenters. The number of amides is 2. The van der Waals surface area contributed by atoms with Crippen molar-refractivity contribution in [1.29, 1.82) is 0 Å².